The third kappa shape index (κ3) is 4.39. The van der Waals surface area contributed by atoms with Crippen LogP contribution in [0.25, 0.3) is 0 Å². The van der Waals surface area contributed by atoms with Gasteiger partial charge in [0.05, 0.1) is 0 Å². The van der Waals surface area contributed by atoms with E-state index in [4.69, 9.17) is 11.6 Å². The first-order valence-corrected chi connectivity index (χ1v) is 8.27. The first-order valence-electron chi connectivity index (χ1n) is 6.82. The Bertz CT molecular complexity index is 364. The molecule has 0 spiro atoms. The van der Waals surface area contributed by atoms with Gasteiger partial charge in [-0.15, -0.1) is 0 Å². The van der Waals surface area contributed by atoms with Crippen LogP contribution in [0.4, 0.5) is 0 Å². The quantitative estimate of drug-likeness (QED) is 0.624. The maximum absolute atomic E-state index is 6.15. The molecule has 0 heterocycles. The van der Waals surface area contributed by atoms with Crippen LogP contribution >= 0.6 is 34.2 Å². The standard InChI is InChI=1S/C15H23ClIN/c1-4-9-18-15(11(5-2)6-3)13-10-12(16)7-8-14(13)17/h7-8,10-11,15,18H,4-6,9H2,1-3H3. The number of benzene rings is 1. The van der Waals surface area contributed by atoms with Crippen LogP contribution in [0.5, 0.6) is 0 Å². The highest BCUT2D eigenvalue weighted by Crippen LogP contribution is 2.32. The smallest absolute Gasteiger partial charge is 0.0410 e. The molecule has 1 atom stereocenters. The van der Waals surface area contributed by atoms with Crippen molar-refractivity contribution in [2.75, 3.05) is 6.54 Å². The fourth-order valence-corrected chi connectivity index (χ4v) is 3.19. The molecule has 0 aliphatic carbocycles. The Morgan fingerprint density at radius 2 is 1.89 bits per heavy atom. The van der Waals surface area contributed by atoms with E-state index in [2.05, 4.69) is 60.8 Å². The number of nitrogens with one attached hydrogen (secondary N) is 1. The van der Waals surface area contributed by atoms with Crippen LogP contribution < -0.4 is 5.32 Å². The minimum Gasteiger partial charge on any atom is -0.310 e. The zero-order valence-corrected chi connectivity index (χ0v) is 14.4. The van der Waals surface area contributed by atoms with Crippen LogP contribution in [0.3, 0.4) is 0 Å². The Balaban J connectivity index is 3.03. The molecule has 1 nitrogen and oxygen atoms in total. The third-order valence-electron chi connectivity index (χ3n) is 3.43. The molecule has 1 aromatic rings. The lowest BCUT2D eigenvalue weighted by Gasteiger charge is -2.28. The van der Waals surface area contributed by atoms with Crippen molar-refractivity contribution in [3.63, 3.8) is 0 Å². The van der Waals surface area contributed by atoms with Crippen LogP contribution in [0.2, 0.25) is 5.02 Å². The predicted octanol–water partition coefficient (Wildman–Crippen LogP) is 5.42. The molecular formula is C15H23ClIN. The second-order valence-electron chi connectivity index (χ2n) is 4.67. The molecule has 0 bridgehead atoms. The molecule has 18 heavy (non-hydrogen) atoms. The molecule has 0 saturated heterocycles. The van der Waals surface area contributed by atoms with Crippen molar-refractivity contribution < 1.29 is 0 Å². The molecule has 0 aliphatic heterocycles. The number of halogens is 2. The Morgan fingerprint density at radius 1 is 1.22 bits per heavy atom. The summed E-state index contributed by atoms with van der Waals surface area (Å²) >= 11 is 8.57. The van der Waals surface area contributed by atoms with Crippen molar-refractivity contribution in [2.24, 2.45) is 5.92 Å². The minimum atomic E-state index is 0.422. The van der Waals surface area contributed by atoms with Gasteiger partial charge in [-0.1, -0.05) is 45.2 Å². The maximum Gasteiger partial charge on any atom is 0.0410 e. The van der Waals surface area contributed by atoms with Gasteiger partial charge in [0.2, 0.25) is 0 Å². The van der Waals surface area contributed by atoms with E-state index in [1.807, 2.05) is 6.07 Å². The van der Waals surface area contributed by atoms with Crippen molar-refractivity contribution in [1.29, 1.82) is 0 Å². The first-order chi connectivity index (χ1) is 8.63. The highest BCUT2D eigenvalue weighted by atomic mass is 127. The molecule has 0 fully saturated rings. The number of hydrogen-bond acceptors (Lipinski definition) is 1. The Labute approximate surface area is 130 Å². The lowest BCUT2D eigenvalue weighted by Crippen LogP contribution is -2.29. The van der Waals surface area contributed by atoms with Crippen molar-refractivity contribution in [2.45, 2.75) is 46.1 Å². The van der Waals surface area contributed by atoms with Crippen LogP contribution in [-0.4, -0.2) is 6.54 Å². The Hall–Kier alpha value is 0.200. The molecule has 1 aromatic carbocycles. The number of rotatable bonds is 7. The molecule has 102 valence electrons. The van der Waals surface area contributed by atoms with Crippen molar-refractivity contribution in [1.82, 2.24) is 5.32 Å². The first kappa shape index (κ1) is 16.3. The number of hydrogen-bond donors (Lipinski definition) is 1. The van der Waals surface area contributed by atoms with Crippen LogP contribution in [0.15, 0.2) is 18.2 Å². The summed E-state index contributed by atoms with van der Waals surface area (Å²) in [4.78, 5) is 0. The van der Waals surface area contributed by atoms with Gasteiger partial charge in [-0.25, -0.2) is 0 Å². The van der Waals surface area contributed by atoms with Gasteiger partial charge in [0.15, 0.2) is 0 Å². The SMILES string of the molecule is CCCNC(c1cc(Cl)ccc1I)C(CC)CC. The van der Waals surface area contributed by atoms with Crippen molar-refractivity contribution >= 4 is 34.2 Å². The van der Waals surface area contributed by atoms with E-state index in [0.717, 1.165) is 18.0 Å². The summed E-state index contributed by atoms with van der Waals surface area (Å²) in [6.45, 7) is 7.81. The zero-order valence-electron chi connectivity index (χ0n) is 11.5. The summed E-state index contributed by atoms with van der Waals surface area (Å²) in [5.74, 6) is 0.670. The predicted molar refractivity (Wildman–Crippen MR) is 89.3 cm³/mol. The van der Waals surface area contributed by atoms with Gasteiger partial charge in [0.1, 0.15) is 0 Å². The average Bonchev–Trinajstić information content (AvgIpc) is 2.38. The Morgan fingerprint density at radius 3 is 2.44 bits per heavy atom. The molecule has 1 unspecified atom stereocenters. The fourth-order valence-electron chi connectivity index (χ4n) is 2.34. The Kier molecular flexibility index (Phi) is 7.57. The summed E-state index contributed by atoms with van der Waals surface area (Å²) in [5.41, 5.74) is 1.35. The van der Waals surface area contributed by atoms with E-state index < -0.39 is 0 Å². The molecule has 1 rings (SSSR count). The molecule has 0 aliphatic rings. The molecule has 0 aromatic heterocycles. The van der Waals surface area contributed by atoms with Gasteiger partial charge in [0.25, 0.3) is 0 Å². The van der Waals surface area contributed by atoms with Gasteiger partial charge in [0, 0.05) is 14.6 Å². The molecule has 0 radical (unpaired) electrons. The summed E-state index contributed by atoms with van der Waals surface area (Å²) in [5, 5.41) is 4.53. The van der Waals surface area contributed by atoms with Crippen molar-refractivity contribution in [3.8, 4) is 0 Å². The van der Waals surface area contributed by atoms with E-state index in [9.17, 15) is 0 Å². The highest BCUT2D eigenvalue weighted by Gasteiger charge is 2.21. The van der Waals surface area contributed by atoms with E-state index in [1.54, 1.807) is 0 Å². The molecule has 3 heteroatoms. The third-order valence-corrected chi connectivity index (χ3v) is 4.65. The van der Waals surface area contributed by atoms with Gasteiger partial charge in [-0.3, -0.25) is 0 Å². The molecular weight excluding hydrogens is 357 g/mol. The summed E-state index contributed by atoms with van der Waals surface area (Å²) in [6.07, 6.45) is 3.55. The van der Waals surface area contributed by atoms with Crippen LogP contribution in [0.1, 0.15) is 51.6 Å². The average molecular weight is 380 g/mol. The fraction of sp³-hybridized carbons (Fsp3) is 0.600. The van der Waals surface area contributed by atoms with Crippen LogP contribution in [0, 0.1) is 9.49 Å². The second kappa shape index (κ2) is 8.39. The summed E-state index contributed by atoms with van der Waals surface area (Å²) in [7, 11) is 0. The van der Waals surface area contributed by atoms with E-state index in [1.165, 1.54) is 22.0 Å². The van der Waals surface area contributed by atoms with E-state index in [0.29, 0.717) is 12.0 Å². The summed E-state index contributed by atoms with van der Waals surface area (Å²) in [6, 6.07) is 6.62. The van der Waals surface area contributed by atoms with Gasteiger partial charge < -0.3 is 5.32 Å². The van der Waals surface area contributed by atoms with Gasteiger partial charge in [-0.2, -0.15) is 0 Å². The maximum atomic E-state index is 6.15. The molecule has 1 N–H and O–H groups in total. The highest BCUT2D eigenvalue weighted by molar-refractivity contribution is 14.1. The molecule has 0 amide bonds. The second-order valence-corrected chi connectivity index (χ2v) is 6.27. The molecule has 0 saturated carbocycles. The largest absolute Gasteiger partial charge is 0.310 e. The summed E-state index contributed by atoms with van der Waals surface area (Å²) < 4.78 is 1.30. The zero-order chi connectivity index (χ0) is 13.5. The van der Waals surface area contributed by atoms with Gasteiger partial charge >= 0.3 is 0 Å². The lowest BCUT2D eigenvalue weighted by molar-refractivity contribution is 0.340. The van der Waals surface area contributed by atoms with Gasteiger partial charge in [-0.05, 0) is 65.2 Å². The topological polar surface area (TPSA) is 12.0 Å². The minimum absolute atomic E-state index is 0.422. The normalized spacial score (nSPS) is 13.0. The lowest BCUT2D eigenvalue weighted by atomic mass is 9.89. The van der Waals surface area contributed by atoms with E-state index in [-0.39, 0.29) is 0 Å². The van der Waals surface area contributed by atoms with Crippen molar-refractivity contribution in [3.05, 3.63) is 32.4 Å². The van der Waals surface area contributed by atoms with Crippen LogP contribution in [-0.2, 0) is 0 Å². The van der Waals surface area contributed by atoms with E-state index >= 15 is 0 Å². The monoisotopic (exact) mass is 379 g/mol.